The van der Waals surface area contributed by atoms with Crippen molar-refractivity contribution in [3.8, 4) is 0 Å². The number of nitrogens with one attached hydrogen (secondary N) is 3. The van der Waals surface area contributed by atoms with Gasteiger partial charge in [-0.1, -0.05) is 36.4 Å². The molecule has 27 heavy (non-hydrogen) atoms. The van der Waals surface area contributed by atoms with Crippen molar-refractivity contribution in [2.75, 3.05) is 25.0 Å². The summed E-state index contributed by atoms with van der Waals surface area (Å²) in [6, 6.07) is 18.2. The van der Waals surface area contributed by atoms with Gasteiger partial charge in [-0.25, -0.2) is 4.79 Å². The van der Waals surface area contributed by atoms with Crippen LogP contribution in [0.25, 0.3) is 10.9 Å². The number of amides is 2. The summed E-state index contributed by atoms with van der Waals surface area (Å²) in [5.74, 6) is 0. The summed E-state index contributed by atoms with van der Waals surface area (Å²) in [6.07, 6.45) is 5.18. The SMILES string of the molecule is O=C(Nc1ccccc1)NC1CCN(CCc2c[nH]c3ccccc23)CC1. The Labute approximate surface area is 159 Å². The van der Waals surface area contributed by atoms with Crippen LogP contribution in [0.3, 0.4) is 0 Å². The molecule has 1 aliphatic heterocycles. The molecule has 0 bridgehead atoms. The number of piperidine rings is 1. The first kappa shape index (κ1) is 17.6. The number of hydrogen-bond acceptors (Lipinski definition) is 2. The van der Waals surface area contributed by atoms with Gasteiger partial charge in [-0.05, 0) is 43.0 Å². The van der Waals surface area contributed by atoms with Crippen LogP contribution in [0, 0.1) is 0 Å². The number of hydrogen-bond donors (Lipinski definition) is 3. The number of likely N-dealkylation sites (tertiary alicyclic amines) is 1. The molecular weight excluding hydrogens is 336 g/mol. The Kier molecular flexibility index (Phi) is 5.39. The third-order valence-corrected chi connectivity index (χ3v) is 5.33. The molecule has 0 atom stereocenters. The Morgan fingerprint density at radius 3 is 2.59 bits per heavy atom. The molecule has 0 saturated carbocycles. The monoisotopic (exact) mass is 362 g/mol. The molecule has 2 amide bonds. The van der Waals surface area contributed by atoms with Crippen LogP contribution < -0.4 is 10.6 Å². The summed E-state index contributed by atoms with van der Waals surface area (Å²) in [5, 5.41) is 7.32. The first-order valence-electron chi connectivity index (χ1n) is 9.68. The van der Waals surface area contributed by atoms with E-state index >= 15 is 0 Å². The summed E-state index contributed by atoms with van der Waals surface area (Å²) in [5.41, 5.74) is 3.42. The van der Waals surface area contributed by atoms with Gasteiger partial charge in [0.2, 0.25) is 0 Å². The minimum Gasteiger partial charge on any atom is -0.361 e. The average Bonchev–Trinajstić information content (AvgIpc) is 3.11. The maximum Gasteiger partial charge on any atom is 0.319 e. The maximum atomic E-state index is 12.1. The molecule has 2 aromatic carbocycles. The Balaban J connectivity index is 1.21. The molecule has 3 aromatic rings. The van der Waals surface area contributed by atoms with Crippen molar-refractivity contribution in [1.82, 2.24) is 15.2 Å². The summed E-state index contributed by atoms with van der Waals surface area (Å²) in [6.45, 7) is 3.11. The van der Waals surface area contributed by atoms with E-state index < -0.39 is 0 Å². The number of para-hydroxylation sites is 2. The summed E-state index contributed by atoms with van der Waals surface area (Å²) in [7, 11) is 0. The Hall–Kier alpha value is -2.79. The minimum absolute atomic E-state index is 0.113. The highest BCUT2D eigenvalue weighted by atomic mass is 16.2. The van der Waals surface area contributed by atoms with E-state index in [1.807, 2.05) is 30.3 Å². The van der Waals surface area contributed by atoms with Crippen molar-refractivity contribution >= 4 is 22.6 Å². The van der Waals surface area contributed by atoms with Gasteiger partial charge in [-0.15, -0.1) is 0 Å². The number of benzene rings is 2. The van der Waals surface area contributed by atoms with E-state index in [2.05, 4.69) is 51.0 Å². The number of anilines is 1. The molecule has 140 valence electrons. The van der Waals surface area contributed by atoms with Crippen molar-refractivity contribution in [2.24, 2.45) is 0 Å². The van der Waals surface area contributed by atoms with Crippen molar-refractivity contribution in [3.05, 3.63) is 66.4 Å². The lowest BCUT2D eigenvalue weighted by molar-refractivity contribution is 0.197. The van der Waals surface area contributed by atoms with Crippen LogP contribution >= 0.6 is 0 Å². The van der Waals surface area contributed by atoms with Crippen molar-refractivity contribution in [2.45, 2.75) is 25.3 Å². The predicted octanol–water partition coefficient (Wildman–Crippen LogP) is 4.00. The molecule has 0 spiro atoms. The number of nitrogens with zero attached hydrogens (tertiary/aromatic N) is 1. The van der Waals surface area contributed by atoms with Gasteiger partial charge >= 0.3 is 6.03 Å². The van der Waals surface area contributed by atoms with E-state index in [1.165, 1.54) is 16.5 Å². The average molecular weight is 362 g/mol. The zero-order valence-electron chi connectivity index (χ0n) is 15.4. The molecule has 2 heterocycles. The van der Waals surface area contributed by atoms with Crippen LogP contribution in [-0.4, -0.2) is 41.6 Å². The predicted molar refractivity (Wildman–Crippen MR) is 110 cm³/mol. The Morgan fingerprint density at radius 2 is 1.78 bits per heavy atom. The smallest absolute Gasteiger partial charge is 0.319 e. The van der Waals surface area contributed by atoms with Gasteiger partial charge in [-0.3, -0.25) is 0 Å². The van der Waals surface area contributed by atoms with Gasteiger partial charge in [0.1, 0.15) is 0 Å². The van der Waals surface area contributed by atoms with Gasteiger partial charge in [-0.2, -0.15) is 0 Å². The molecule has 1 aromatic heterocycles. The van der Waals surface area contributed by atoms with Crippen LogP contribution in [0.1, 0.15) is 18.4 Å². The van der Waals surface area contributed by atoms with Crippen LogP contribution in [0.5, 0.6) is 0 Å². The number of carbonyl (C=O) groups is 1. The number of urea groups is 1. The second kappa shape index (κ2) is 8.27. The molecular formula is C22H26N4O. The van der Waals surface area contributed by atoms with Gasteiger partial charge in [0, 0.05) is 48.5 Å². The lowest BCUT2D eigenvalue weighted by atomic mass is 10.0. The number of rotatable bonds is 5. The highest BCUT2D eigenvalue weighted by Gasteiger charge is 2.20. The molecule has 1 aliphatic rings. The van der Waals surface area contributed by atoms with E-state index in [-0.39, 0.29) is 12.1 Å². The van der Waals surface area contributed by atoms with Gasteiger partial charge in [0.05, 0.1) is 0 Å². The molecule has 3 N–H and O–H groups in total. The first-order valence-corrected chi connectivity index (χ1v) is 9.68. The molecule has 0 aliphatic carbocycles. The number of aromatic nitrogens is 1. The van der Waals surface area contributed by atoms with E-state index in [9.17, 15) is 4.79 Å². The topological polar surface area (TPSA) is 60.2 Å². The molecule has 5 heteroatoms. The normalized spacial score (nSPS) is 15.7. The molecule has 4 rings (SSSR count). The highest BCUT2D eigenvalue weighted by molar-refractivity contribution is 5.89. The lowest BCUT2D eigenvalue weighted by Gasteiger charge is -2.32. The van der Waals surface area contributed by atoms with Crippen LogP contribution in [0.4, 0.5) is 10.5 Å². The van der Waals surface area contributed by atoms with Crippen molar-refractivity contribution in [3.63, 3.8) is 0 Å². The Bertz CT molecular complexity index is 881. The first-order chi connectivity index (χ1) is 13.3. The molecule has 0 radical (unpaired) electrons. The van der Waals surface area contributed by atoms with Crippen molar-refractivity contribution < 1.29 is 4.79 Å². The third kappa shape index (κ3) is 4.49. The van der Waals surface area contributed by atoms with Gasteiger partial charge in [0.25, 0.3) is 0 Å². The van der Waals surface area contributed by atoms with E-state index in [0.717, 1.165) is 44.6 Å². The van der Waals surface area contributed by atoms with E-state index in [0.29, 0.717) is 0 Å². The molecule has 0 unspecified atom stereocenters. The number of fused-ring (bicyclic) bond motifs is 1. The quantitative estimate of drug-likeness (QED) is 0.642. The number of H-pyrrole nitrogens is 1. The fourth-order valence-corrected chi connectivity index (χ4v) is 3.79. The van der Waals surface area contributed by atoms with Crippen molar-refractivity contribution in [1.29, 1.82) is 0 Å². The standard InChI is InChI=1S/C22H26N4O/c27-22(24-18-6-2-1-3-7-18)25-19-11-14-26(15-12-19)13-10-17-16-23-21-9-5-4-8-20(17)21/h1-9,16,19,23H,10-15H2,(H2,24,25,27). The zero-order valence-corrected chi connectivity index (χ0v) is 15.4. The second-order valence-corrected chi connectivity index (χ2v) is 7.19. The largest absolute Gasteiger partial charge is 0.361 e. The van der Waals surface area contributed by atoms with Crippen LogP contribution in [0.2, 0.25) is 0 Å². The van der Waals surface area contributed by atoms with E-state index in [1.54, 1.807) is 0 Å². The van der Waals surface area contributed by atoms with Gasteiger partial charge < -0.3 is 20.5 Å². The Morgan fingerprint density at radius 1 is 1.04 bits per heavy atom. The molecule has 5 nitrogen and oxygen atoms in total. The minimum atomic E-state index is -0.113. The number of aromatic amines is 1. The zero-order chi connectivity index (χ0) is 18.5. The number of carbonyl (C=O) groups excluding carboxylic acids is 1. The third-order valence-electron chi connectivity index (χ3n) is 5.33. The fourth-order valence-electron chi connectivity index (χ4n) is 3.79. The second-order valence-electron chi connectivity index (χ2n) is 7.19. The van der Waals surface area contributed by atoms with Gasteiger partial charge in [0.15, 0.2) is 0 Å². The summed E-state index contributed by atoms with van der Waals surface area (Å²) < 4.78 is 0. The summed E-state index contributed by atoms with van der Waals surface area (Å²) in [4.78, 5) is 18.0. The maximum absolute atomic E-state index is 12.1. The van der Waals surface area contributed by atoms with E-state index in [4.69, 9.17) is 0 Å². The molecule has 1 saturated heterocycles. The van der Waals surface area contributed by atoms with Crippen LogP contribution in [0.15, 0.2) is 60.8 Å². The lowest BCUT2D eigenvalue weighted by Crippen LogP contribution is -2.46. The highest BCUT2D eigenvalue weighted by Crippen LogP contribution is 2.19. The fraction of sp³-hybridized carbons (Fsp3) is 0.318. The van der Waals surface area contributed by atoms with Crippen LogP contribution in [-0.2, 0) is 6.42 Å². The molecule has 1 fully saturated rings. The summed E-state index contributed by atoms with van der Waals surface area (Å²) >= 11 is 0.